The maximum atomic E-state index is 13.7. The van der Waals surface area contributed by atoms with Gasteiger partial charge in [-0.05, 0) is 30.2 Å². The molecule has 0 unspecified atom stereocenters. The summed E-state index contributed by atoms with van der Waals surface area (Å²) in [7, 11) is -2.18. The zero-order valence-electron chi connectivity index (χ0n) is 22.9. The lowest BCUT2D eigenvalue weighted by molar-refractivity contribution is -0.133. The third-order valence-electron chi connectivity index (χ3n) is 7.30. The summed E-state index contributed by atoms with van der Waals surface area (Å²) in [5, 5.41) is 9.86. The molecule has 0 aliphatic carbocycles. The van der Waals surface area contributed by atoms with Crippen molar-refractivity contribution in [2.45, 2.75) is 30.9 Å². The highest BCUT2D eigenvalue weighted by Gasteiger charge is 2.38. The number of hydrogen-bond acceptors (Lipinski definition) is 7. The van der Waals surface area contributed by atoms with Gasteiger partial charge in [0.1, 0.15) is 16.7 Å². The Labute approximate surface area is 231 Å². The van der Waals surface area contributed by atoms with Crippen LogP contribution in [0.3, 0.4) is 0 Å². The van der Waals surface area contributed by atoms with Crippen molar-refractivity contribution in [3.63, 3.8) is 0 Å². The molecule has 0 aromatic heterocycles. The van der Waals surface area contributed by atoms with Gasteiger partial charge in [0.15, 0.2) is 0 Å². The van der Waals surface area contributed by atoms with Crippen molar-refractivity contribution in [1.82, 2.24) is 14.1 Å². The highest BCUT2D eigenvalue weighted by Crippen LogP contribution is 2.34. The molecule has 2 aromatic rings. The number of likely N-dealkylation sites (N-methyl/N-ethyl adjacent to an activating group) is 1. The van der Waals surface area contributed by atoms with Crippen molar-refractivity contribution < 1.29 is 27.8 Å². The Kier molecular flexibility index (Phi) is 9.79. The molecule has 0 bridgehead atoms. The van der Waals surface area contributed by atoms with E-state index in [4.69, 9.17) is 9.47 Å². The molecule has 2 aromatic carbocycles. The predicted molar refractivity (Wildman–Crippen MR) is 151 cm³/mol. The zero-order valence-corrected chi connectivity index (χ0v) is 23.7. The average molecular weight is 558 g/mol. The summed E-state index contributed by atoms with van der Waals surface area (Å²) in [4.78, 5) is 16.8. The third kappa shape index (κ3) is 7.26. The zero-order chi connectivity index (χ0) is 28.0. The van der Waals surface area contributed by atoms with E-state index in [2.05, 4.69) is 4.90 Å². The molecule has 0 radical (unpaired) electrons. The van der Waals surface area contributed by atoms with E-state index in [1.165, 1.54) is 4.31 Å². The molecule has 4 rings (SSSR count). The Hall–Kier alpha value is -2.76. The van der Waals surface area contributed by atoms with E-state index in [9.17, 15) is 18.3 Å². The molecule has 3 atom stereocenters. The summed E-state index contributed by atoms with van der Waals surface area (Å²) in [5.41, 5.74) is 1.81. The van der Waals surface area contributed by atoms with E-state index in [0.717, 1.165) is 11.1 Å². The molecule has 1 saturated heterocycles. The topological polar surface area (TPSA) is 99.6 Å². The van der Waals surface area contributed by atoms with Crippen molar-refractivity contribution in [2.24, 2.45) is 5.92 Å². The first kappa shape index (κ1) is 29.2. The van der Waals surface area contributed by atoms with E-state index in [1.54, 1.807) is 37.1 Å². The van der Waals surface area contributed by atoms with Gasteiger partial charge in [0.2, 0.25) is 15.9 Å². The number of carbonyl (C=O) groups excluding carboxylic acids is 1. The third-order valence-corrected chi connectivity index (χ3v) is 9.32. The lowest BCUT2D eigenvalue weighted by atomic mass is 10.0. The van der Waals surface area contributed by atoms with Crippen molar-refractivity contribution in [1.29, 1.82) is 0 Å². The number of rotatable bonds is 8. The fourth-order valence-corrected chi connectivity index (χ4v) is 6.59. The van der Waals surface area contributed by atoms with Gasteiger partial charge in [-0.2, -0.15) is 4.31 Å². The van der Waals surface area contributed by atoms with Gasteiger partial charge in [-0.1, -0.05) is 55.5 Å². The number of aliphatic hydroxyl groups is 1. The van der Waals surface area contributed by atoms with Crippen LogP contribution in [0.1, 0.15) is 25.0 Å². The highest BCUT2D eigenvalue weighted by molar-refractivity contribution is 7.89. The SMILES string of the molecule is C[C@@H]1CN([C@H](C)CO)S(=O)(=O)c2ccc(C=Cc3ccccc3)cc2O[C@H]1CN(C)C(=O)CN1CCOCC1. The molecular weight excluding hydrogens is 518 g/mol. The van der Waals surface area contributed by atoms with E-state index in [-0.39, 0.29) is 35.6 Å². The van der Waals surface area contributed by atoms with Crippen molar-refractivity contribution >= 4 is 28.1 Å². The molecule has 10 heteroatoms. The van der Waals surface area contributed by atoms with Gasteiger partial charge in [0.25, 0.3) is 0 Å². The Balaban J connectivity index is 1.62. The minimum atomic E-state index is -3.93. The molecule has 2 heterocycles. The van der Waals surface area contributed by atoms with Crippen molar-refractivity contribution in [3.05, 3.63) is 59.7 Å². The number of nitrogens with zero attached hydrogens (tertiary/aromatic N) is 3. The van der Waals surface area contributed by atoms with Gasteiger partial charge < -0.3 is 19.5 Å². The summed E-state index contributed by atoms with van der Waals surface area (Å²) < 4.78 is 40.6. The van der Waals surface area contributed by atoms with Crippen LogP contribution in [0.2, 0.25) is 0 Å². The van der Waals surface area contributed by atoms with Gasteiger partial charge >= 0.3 is 0 Å². The van der Waals surface area contributed by atoms with Crippen LogP contribution < -0.4 is 4.74 Å². The average Bonchev–Trinajstić information content (AvgIpc) is 2.94. The van der Waals surface area contributed by atoms with E-state index >= 15 is 0 Å². The lowest BCUT2D eigenvalue weighted by Gasteiger charge is -2.38. The van der Waals surface area contributed by atoms with Crippen molar-refractivity contribution in [2.75, 3.05) is 59.6 Å². The van der Waals surface area contributed by atoms with Crippen LogP contribution >= 0.6 is 0 Å². The maximum absolute atomic E-state index is 13.7. The quantitative estimate of drug-likeness (QED) is 0.498. The van der Waals surface area contributed by atoms with Crippen LogP contribution in [0.4, 0.5) is 0 Å². The van der Waals surface area contributed by atoms with Crippen LogP contribution in [0, 0.1) is 5.92 Å². The van der Waals surface area contributed by atoms with Crippen LogP contribution in [0.5, 0.6) is 5.75 Å². The molecule has 1 amide bonds. The largest absolute Gasteiger partial charge is 0.487 e. The molecule has 2 aliphatic rings. The van der Waals surface area contributed by atoms with Crippen molar-refractivity contribution in [3.8, 4) is 5.75 Å². The van der Waals surface area contributed by atoms with Gasteiger partial charge in [0, 0.05) is 38.6 Å². The number of hydrogen-bond donors (Lipinski definition) is 1. The second-order valence-electron chi connectivity index (χ2n) is 10.4. The smallest absolute Gasteiger partial charge is 0.247 e. The lowest BCUT2D eigenvalue weighted by Crippen LogP contribution is -2.51. The Morgan fingerprint density at radius 2 is 1.82 bits per heavy atom. The predicted octanol–water partition coefficient (Wildman–Crippen LogP) is 2.42. The molecule has 39 heavy (non-hydrogen) atoms. The minimum Gasteiger partial charge on any atom is -0.487 e. The van der Waals surface area contributed by atoms with Crippen LogP contribution in [-0.4, -0.2) is 105 Å². The standard InChI is InChI=1S/C29H39N3O6S/c1-22-18-32(23(2)21-33)39(35,36)28-12-11-25(10-9-24-7-5-4-6-8-24)17-26(28)38-27(22)19-30(3)29(34)20-31-13-15-37-16-14-31/h4-12,17,22-23,27,33H,13-16,18-21H2,1-3H3/t22-,23-,27+/m1/s1. The van der Waals surface area contributed by atoms with Gasteiger partial charge in [-0.3, -0.25) is 9.69 Å². The Morgan fingerprint density at radius 3 is 2.51 bits per heavy atom. The summed E-state index contributed by atoms with van der Waals surface area (Å²) in [6.07, 6.45) is 3.41. The maximum Gasteiger partial charge on any atom is 0.247 e. The first-order valence-electron chi connectivity index (χ1n) is 13.4. The highest BCUT2D eigenvalue weighted by atomic mass is 32.2. The first-order chi connectivity index (χ1) is 18.7. The van der Waals surface area contributed by atoms with Gasteiger partial charge in [0.05, 0.1) is 32.9 Å². The molecule has 212 valence electrons. The number of ether oxygens (including phenoxy) is 2. The number of morpholine rings is 1. The molecule has 2 aliphatic heterocycles. The fourth-order valence-electron chi connectivity index (χ4n) is 4.76. The number of amides is 1. The summed E-state index contributed by atoms with van der Waals surface area (Å²) in [5.74, 6) is -0.0299. The number of aliphatic hydroxyl groups excluding tert-OH is 1. The van der Waals surface area contributed by atoms with Gasteiger partial charge in [-0.25, -0.2) is 8.42 Å². The monoisotopic (exact) mass is 557 g/mol. The minimum absolute atomic E-state index is 0.0252. The first-order valence-corrected chi connectivity index (χ1v) is 14.8. The normalized spacial score (nSPS) is 22.9. The number of sulfonamides is 1. The molecule has 1 fully saturated rings. The second-order valence-corrected chi connectivity index (χ2v) is 12.2. The van der Waals surface area contributed by atoms with E-state index in [0.29, 0.717) is 39.4 Å². The Bertz CT molecular complexity index is 1250. The van der Waals surface area contributed by atoms with Crippen LogP contribution in [0.25, 0.3) is 12.2 Å². The number of carbonyl (C=O) groups is 1. The van der Waals surface area contributed by atoms with E-state index < -0.39 is 22.2 Å². The van der Waals surface area contributed by atoms with Crippen LogP contribution in [-0.2, 0) is 19.6 Å². The Morgan fingerprint density at radius 1 is 1.13 bits per heavy atom. The van der Waals surface area contributed by atoms with E-state index in [1.807, 2.05) is 49.4 Å². The van der Waals surface area contributed by atoms with Gasteiger partial charge in [-0.15, -0.1) is 0 Å². The molecular formula is C29H39N3O6S. The summed E-state index contributed by atoms with van der Waals surface area (Å²) in [6.45, 7) is 6.73. The molecule has 9 nitrogen and oxygen atoms in total. The molecule has 0 spiro atoms. The van der Waals surface area contributed by atoms with Crippen LogP contribution in [0.15, 0.2) is 53.4 Å². The fraction of sp³-hybridized carbons (Fsp3) is 0.483. The second kappa shape index (κ2) is 13.1. The number of fused-ring (bicyclic) bond motifs is 1. The molecule has 0 saturated carbocycles. The number of benzene rings is 2. The summed E-state index contributed by atoms with van der Waals surface area (Å²) in [6, 6.07) is 14.3. The molecule has 1 N–H and O–H groups in total. The summed E-state index contributed by atoms with van der Waals surface area (Å²) >= 11 is 0.